The SMILES string of the molecule is O=C(CCC(=O)Nc1ccc(CN2CCCC2)cc1)NCCc1noc(-c2ccccc2)n1. The standard InChI is InChI=1S/C25H29N5O3/c31-23(26-15-14-22-28-25(33-29-22)20-6-2-1-3-7-20)12-13-24(32)27-21-10-8-19(9-11-21)18-30-16-4-5-17-30/h1-3,6-11H,4-5,12-18H2,(H,26,31)(H,27,32). The van der Waals surface area contributed by atoms with E-state index < -0.39 is 0 Å². The Kier molecular flexibility index (Phi) is 7.81. The highest BCUT2D eigenvalue weighted by atomic mass is 16.5. The summed E-state index contributed by atoms with van der Waals surface area (Å²) in [5.41, 5.74) is 2.84. The van der Waals surface area contributed by atoms with Gasteiger partial charge in [-0.2, -0.15) is 4.98 Å². The van der Waals surface area contributed by atoms with E-state index in [0.717, 1.165) is 30.9 Å². The van der Waals surface area contributed by atoms with Crippen molar-refractivity contribution < 1.29 is 14.1 Å². The maximum atomic E-state index is 12.2. The summed E-state index contributed by atoms with van der Waals surface area (Å²) >= 11 is 0. The van der Waals surface area contributed by atoms with Crippen molar-refractivity contribution in [3.05, 3.63) is 66.0 Å². The Bertz CT molecular complexity index is 1040. The molecule has 8 heteroatoms. The van der Waals surface area contributed by atoms with Crippen LogP contribution in [0.15, 0.2) is 59.1 Å². The number of hydrogen-bond acceptors (Lipinski definition) is 6. The molecule has 1 aliphatic heterocycles. The molecule has 0 atom stereocenters. The molecule has 1 aliphatic rings. The second-order valence-electron chi connectivity index (χ2n) is 8.21. The molecule has 172 valence electrons. The van der Waals surface area contributed by atoms with Crippen LogP contribution in [0.5, 0.6) is 0 Å². The largest absolute Gasteiger partial charge is 0.356 e. The Morgan fingerprint density at radius 2 is 1.67 bits per heavy atom. The summed E-state index contributed by atoms with van der Waals surface area (Å²) in [6.45, 7) is 3.65. The number of rotatable bonds is 10. The van der Waals surface area contributed by atoms with Gasteiger partial charge >= 0.3 is 0 Å². The molecule has 2 aromatic carbocycles. The third kappa shape index (κ3) is 6.98. The first-order chi connectivity index (χ1) is 16.2. The van der Waals surface area contributed by atoms with E-state index in [9.17, 15) is 9.59 Å². The molecule has 4 rings (SSSR count). The summed E-state index contributed by atoms with van der Waals surface area (Å²) in [5.74, 6) is 0.624. The Morgan fingerprint density at radius 1 is 0.939 bits per heavy atom. The molecular weight excluding hydrogens is 418 g/mol. The summed E-state index contributed by atoms with van der Waals surface area (Å²) in [6.07, 6.45) is 3.25. The van der Waals surface area contributed by atoms with Crippen LogP contribution in [0.25, 0.3) is 11.5 Å². The van der Waals surface area contributed by atoms with E-state index in [2.05, 4.69) is 25.7 Å². The van der Waals surface area contributed by atoms with E-state index >= 15 is 0 Å². The van der Waals surface area contributed by atoms with Gasteiger partial charge in [0.2, 0.25) is 11.8 Å². The highest BCUT2D eigenvalue weighted by Gasteiger charge is 2.12. The third-order valence-electron chi connectivity index (χ3n) is 5.58. The quantitative estimate of drug-likeness (QED) is 0.494. The lowest BCUT2D eigenvalue weighted by Crippen LogP contribution is -2.27. The molecule has 2 N–H and O–H groups in total. The van der Waals surface area contributed by atoms with Crippen LogP contribution in [0.2, 0.25) is 0 Å². The maximum absolute atomic E-state index is 12.2. The average Bonchev–Trinajstić information content (AvgIpc) is 3.52. The molecule has 0 radical (unpaired) electrons. The molecule has 33 heavy (non-hydrogen) atoms. The van der Waals surface area contributed by atoms with E-state index in [-0.39, 0.29) is 24.7 Å². The van der Waals surface area contributed by atoms with Crippen molar-refractivity contribution in [1.82, 2.24) is 20.4 Å². The van der Waals surface area contributed by atoms with Crippen molar-refractivity contribution in [2.24, 2.45) is 0 Å². The van der Waals surface area contributed by atoms with Gasteiger partial charge in [0.25, 0.3) is 5.89 Å². The second kappa shape index (κ2) is 11.4. The maximum Gasteiger partial charge on any atom is 0.257 e. The van der Waals surface area contributed by atoms with E-state index in [1.54, 1.807) is 0 Å². The zero-order valence-corrected chi connectivity index (χ0v) is 18.6. The molecule has 2 heterocycles. The highest BCUT2D eigenvalue weighted by Crippen LogP contribution is 2.17. The lowest BCUT2D eigenvalue weighted by atomic mass is 10.2. The number of anilines is 1. The third-order valence-corrected chi connectivity index (χ3v) is 5.58. The smallest absolute Gasteiger partial charge is 0.257 e. The number of nitrogens with zero attached hydrogens (tertiary/aromatic N) is 3. The van der Waals surface area contributed by atoms with Crippen molar-refractivity contribution in [3.63, 3.8) is 0 Å². The van der Waals surface area contributed by atoms with Crippen LogP contribution in [-0.4, -0.2) is 46.5 Å². The summed E-state index contributed by atoms with van der Waals surface area (Å²) < 4.78 is 5.25. The predicted octanol–water partition coefficient (Wildman–Crippen LogP) is 3.41. The van der Waals surface area contributed by atoms with E-state index in [4.69, 9.17) is 4.52 Å². The summed E-state index contributed by atoms with van der Waals surface area (Å²) in [6, 6.07) is 17.4. The van der Waals surface area contributed by atoms with Gasteiger partial charge in [0.1, 0.15) is 0 Å². The number of aromatic nitrogens is 2. The summed E-state index contributed by atoms with van der Waals surface area (Å²) in [5, 5.41) is 9.59. The van der Waals surface area contributed by atoms with Crippen LogP contribution in [-0.2, 0) is 22.6 Å². The first-order valence-corrected chi connectivity index (χ1v) is 11.4. The molecular formula is C25H29N5O3. The number of nitrogens with one attached hydrogen (secondary N) is 2. The molecule has 0 aliphatic carbocycles. The first-order valence-electron chi connectivity index (χ1n) is 11.4. The van der Waals surface area contributed by atoms with Crippen LogP contribution in [0.4, 0.5) is 5.69 Å². The molecule has 0 unspecified atom stereocenters. The number of benzene rings is 2. The highest BCUT2D eigenvalue weighted by molar-refractivity contribution is 5.93. The number of carbonyl (C=O) groups is 2. The van der Waals surface area contributed by atoms with Crippen LogP contribution in [0, 0.1) is 0 Å². The average molecular weight is 448 g/mol. The lowest BCUT2D eigenvalue weighted by Gasteiger charge is -2.14. The first kappa shape index (κ1) is 22.7. The zero-order chi connectivity index (χ0) is 22.9. The molecule has 1 aromatic heterocycles. The molecule has 2 amide bonds. The van der Waals surface area contributed by atoms with Crippen LogP contribution < -0.4 is 10.6 Å². The van der Waals surface area contributed by atoms with Crippen molar-refractivity contribution in [1.29, 1.82) is 0 Å². The van der Waals surface area contributed by atoms with Gasteiger partial charge in [0.15, 0.2) is 5.82 Å². The van der Waals surface area contributed by atoms with Crippen molar-refractivity contribution in [3.8, 4) is 11.5 Å². The molecule has 3 aromatic rings. The predicted molar refractivity (Wildman–Crippen MR) is 125 cm³/mol. The minimum absolute atomic E-state index is 0.125. The van der Waals surface area contributed by atoms with E-state index in [1.807, 2.05) is 54.6 Å². The fraction of sp³-hybridized carbons (Fsp3) is 0.360. The lowest BCUT2D eigenvalue weighted by molar-refractivity contribution is -0.124. The van der Waals surface area contributed by atoms with Crippen molar-refractivity contribution >= 4 is 17.5 Å². The van der Waals surface area contributed by atoms with Gasteiger partial charge < -0.3 is 15.2 Å². The summed E-state index contributed by atoms with van der Waals surface area (Å²) in [4.78, 5) is 31.0. The second-order valence-corrected chi connectivity index (χ2v) is 8.21. The Balaban J connectivity index is 1.13. The fourth-order valence-corrected chi connectivity index (χ4v) is 3.80. The van der Waals surface area contributed by atoms with Gasteiger partial charge in [-0.1, -0.05) is 35.5 Å². The minimum atomic E-state index is -0.183. The summed E-state index contributed by atoms with van der Waals surface area (Å²) in [7, 11) is 0. The Hall–Kier alpha value is -3.52. The molecule has 1 fully saturated rings. The van der Waals surface area contributed by atoms with E-state index in [0.29, 0.717) is 24.7 Å². The van der Waals surface area contributed by atoms with Crippen LogP contribution in [0.3, 0.4) is 0 Å². The fourth-order valence-electron chi connectivity index (χ4n) is 3.80. The number of hydrogen-bond donors (Lipinski definition) is 2. The number of carbonyl (C=O) groups excluding carboxylic acids is 2. The molecule has 8 nitrogen and oxygen atoms in total. The normalized spacial score (nSPS) is 13.7. The molecule has 0 spiro atoms. The molecule has 0 saturated carbocycles. The van der Waals surface area contributed by atoms with Crippen molar-refractivity contribution in [2.45, 2.75) is 38.6 Å². The molecule has 1 saturated heterocycles. The van der Waals surface area contributed by atoms with Crippen LogP contribution >= 0.6 is 0 Å². The Labute approximate surface area is 193 Å². The monoisotopic (exact) mass is 447 g/mol. The van der Waals surface area contributed by atoms with Gasteiger partial charge in [-0.3, -0.25) is 14.5 Å². The van der Waals surface area contributed by atoms with Gasteiger partial charge in [-0.05, 0) is 55.8 Å². The van der Waals surface area contributed by atoms with Gasteiger partial charge in [0.05, 0.1) is 0 Å². The van der Waals surface area contributed by atoms with Gasteiger partial charge in [0, 0.05) is 43.6 Å². The van der Waals surface area contributed by atoms with Gasteiger partial charge in [-0.15, -0.1) is 0 Å². The van der Waals surface area contributed by atoms with Crippen molar-refractivity contribution in [2.75, 3.05) is 25.0 Å². The number of likely N-dealkylation sites (tertiary alicyclic amines) is 1. The van der Waals surface area contributed by atoms with Gasteiger partial charge in [-0.25, -0.2) is 0 Å². The van der Waals surface area contributed by atoms with Crippen LogP contribution in [0.1, 0.15) is 37.1 Å². The minimum Gasteiger partial charge on any atom is -0.356 e. The Morgan fingerprint density at radius 3 is 2.42 bits per heavy atom. The number of amides is 2. The topological polar surface area (TPSA) is 100 Å². The molecule has 0 bridgehead atoms. The zero-order valence-electron chi connectivity index (χ0n) is 18.6. The van der Waals surface area contributed by atoms with E-state index in [1.165, 1.54) is 18.4 Å².